The van der Waals surface area contributed by atoms with Crippen molar-refractivity contribution in [2.45, 2.75) is 0 Å². The molecular weight excluding hydrogens is 496 g/mol. The van der Waals surface area contributed by atoms with E-state index in [1.807, 2.05) is 81.6 Å². The van der Waals surface area contributed by atoms with Gasteiger partial charge in [-0.2, -0.15) is 0 Å². The predicted molar refractivity (Wildman–Crippen MR) is 98.5 cm³/mol. The molecule has 0 aliphatic heterocycles. The van der Waals surface area contributed by atoms with Crippen molar-refractivity contribution in [2.24, 2.45) is 0 Å². The molecule has 0 spiro atoms. The molecule has 0 unspecified atom stereocenters. The second-order valence-corrected chi connectivity index (χ2v) is 8.33. The van der Waals surface area contributed by atoms with Crippen molar-refractivity contribution < 1.29 is 14.3 Å². The van der Waals surface area contributed by atoms with Gasteiger partial charge in [-0.25, -0.2) is 4.79 Å². The average Bonchev–Trinajstić information content (AvgIpc) is 2.50. The zero-order chi connectivity index (χ0) is 15.4. The molecular formula is C15H11I2NO3. The lowest BCUT2D eigenvalue weighted by Gasteiger charge is -2.10. The minimum Gasteiger partial charge on any atom is -0.464 e. The first-order valence-corrected chi connectivity index (χ1v) is 8.13. The van der Waals surface area contributed by atoms with Crippen molar-refractivity contribution >= 4 is 67.8 Å². The number of benzene rings is 2. The van der Waals surface area contributed by atoms with Crippen LogP contribution in [0.15, 0.2) is 49.7 Å². The van der Waals surface area contributed by atoms with Crippen LogP contribution in [0.5, 0.6) is 0 Å². The van der Waals surface area contributed by atoms with Gasteiger partial charge in [0.15, 0.2) is 0 Å². The van der Waals surface area contributed by atoms with Gasteiger partial charge in [-0.05, 0) is 62.0 Å². The van der Waals surface area contributed by atoms with E-state index in [-0.39, 0.29) is 11.6 Å². The Hall–Kier alpha value is -1.16. The SMILES string of the molecule is COC(=O)C(NC(=O)c1cccc2ccccc12)=C(I)I. The maximum Gasteiger partial charge on any atom is 0.356 e. The molecule has 6 heteroatoms. The van der Waals surface area contributed by atoms with Gasteiger partial charge in [0.25, 0.3) is 5.91 Å². The van der Waals surface area contributed by atoms with Crippen LogP contribution in [0.4, 0.5) is 0 Å². The van der Waals surface area contributed by atoms with Gasteiger partial charge < -0.3 is 10.1 Å². The van der Waals surface area contributed by atoms with Gasteiger partial charge in [0.2, 0.25) is 0 Å². The molecule has 0 aliphatic rings. The standard InChI is InChI=1S/C15H11I2NO3/c1-21-15(20)12(13(16)17)18-14(19)11-8-4-6-9-5-2-3-7-10(9)11/h2-8H,1H3,(H,18,19). The van der Waals surface area contributed by atoms with E-state index >= 15 is 0 Å². The first-order chi connectivity index (χ1) is 10.0. The van der Waals surface area contributed by atoms with Gasteiger partial charge >= 0.3 is 5.97 Å². The summed E-state index contributed by atoms with van der Waals surface area (Å²) in [5, 5.41) is 4.44. The normalized spacial score (nSPS) is 10.0. The molecule has 1 amide bonds. The summed E-state index contributed by atoms with van der Waals surface area (Å²) < 4.78 is 5.31. The number of methoxy groups -OCH3 is 1. The molecule has 0 saturated carbocycles. The first-order valence-electron chi connectivity index (χ1n) is 5.97. The molecule has 0 radical (unpaired) electrons. The van der Waals surface area contributed by atoms with Crippen molar-refractivity contribution in [1.29, 1.82) is 0 Å². The van der Waals surface area contributed by atoms with Crippen LogP contribution < -0.4 is 5.32 Å². The van der Waals surface area contributed by atoms with Gasteiger partial charge in [-0.3, -0.25) is 4.79 Å². The molecule has 0 heterocycles. The molecule has 0 fully saturated rings. The van der Waals surface area contributed by atoms with Crippen molar-refractivity contribution in [2.75, 3.05) is 7.11 Å². The van der Waals surface area contributed by atoms with Gasteiger partial charge in [0.1, 0.15) is 5.70 Å². The molecule has 21 heavy (non-hydrogen) atoms. The summed E-state index contributed by atoms with van der Waals surface area (Å²) in [7, 11) is 1.28. The van der Waals surface area contributed by atoms with Gasteiger partial charge in [-0.1, -0.05) is 36.4 Å². The topological polar surface area (TPSA) is 55.4 Å². The summed E-state index contributed by atoms with van der Waals surface area (Å²) in [6.45, 7) is 0. The van der Waals surface area contributed by atoms with Crippen LogP contribution in [0.3, 0.4) is 0 Å². The lowest BCUT2D eigenvalue weighted by molar-refractivity contribution is -0.136. The zero-order valence-electron chi connectivity index (χ0n) is 11.0. The number of halogens is 2. The summed E-state index contributed by atoms with van der Waals surface area (Å²) in [5.41, 5.74) is 0.667. The monoisotopic (exact) mass is 507 g/mol. The summed E-state index contributed by atoms with van der Waals surface area (Å²) in [5.74, 6) is -0.902. The third kappa shape index (κ3) is 3.73. The lowest BCUT2D eigenvalue weighted by atomic mass is 10.0. The Kier molecular flexibility index (Phi) is 5.57. The van der Waals surface area contributed by atoms with Crippen LogP contribution in [0.1, 0.15) is 10.4 Å². The van der Waals surface area contributed by atoms with E-state index in [0.29, 0.717) is 7.15 Å². The van der Waals surface area contributed by atoms with Crippen LogP contribution >= 0.6 is 45.2 Å². The fraction of sp³-hybridized carbons (Fsp3) is 0.0667. The fourth-order valence-electron chi connectivity index (χ4n) is 1.88. The molecule has 0 atom stereocenters. The van der Waals surface area contributed by atoms with E-state index in [4.69, 9.17) is 0 Å². The minimum absolute atomic E-state index is 0.150. The number of hydrogen-bond acceptors (Lipinski definition) is 3. The number of esters is 1. The summed E-state index contributed by atoms with van der Waals surface area (Å²) >= 11 is 3.93. The van der Waals surface area contributed by atoms with Crippen LogP contribution in [-0.2, 0) is 9.53 Å². The largest absolute Gasteiger partial charge is 0.464 e. The van der Waals surface area contributed by atoms with Crippen LogP contribution in [0.2, 0.25) is 0 Å². The summed E-state index contributed by atoms with van der Waals surface area (Å²) in [4.78, 5) is 24.1. The van der Waals surface area contributed by atoms with E-state index < -0.39 is 5.97 Å². The van der Waals surface area contributed by atoms with E-state index in [1.54, 1.807) is 6.07 Å². The van der Waals surface area contributed by atoms with E-state index in [0.717, 1.165) is 10.8 Å². The Balaban J connectivity index is 2.39. The third-order valence-corrected chi connectivity index (χ3v) is 3.93. The van der Waals surface area contributed by atoms with Gasteiger partial charge in [0, 0.05) is 5.56 Å². The third-order valence-electron chi connectivity index (χ3n) is 2.85. The van der Waals surface area contributed by atoms with Crippen LogP contribution in [0.25, 0.3) is 10.8 Å². The molecule has 4 nitrogen and oxygen atoms in total. The molecule has 1 N–H and O–H groups in total. The molecule has 2 aromatic carbocycles. The highest BCUT2D eigenvalue weighted by atomic mass is 127. The van der Waals surface area contributed by atoms with Crippen molar-refractivity contribution in [3.05, 3.63) is 55.3 Å². The van der Waals surface area contributed by atoms with Crippen LogP contribution in [0, 0.1) is 0 Å². The maximum absolute atomic E-state index is 12.4. The smallest absolute Gasteiger partial charge is 0.356 e. The highest BCUT2D eigenvalue weighted by molar-refractivity contribution is 14.2. The highest BCUT2D eigenvalue weighted by Crippen LogP contribution is 2.22. The minimum atomic E-state index is -0.567. The number of amides is 1. The van der Waals surface area contributed by atoms with E-state index in [9.17, 15) is 9.59 Å². The average molecular weight is 507 g/mol. The molecule has 0 aliphatic carbocycles. The summed E-state index contributed by atoms with van der Waals surface area (Å²) in [6.07, 6.45) is 0. The molecule has 2 aromatic rings. The molecule has 0 saturated heterocycles. The Bertz CT molecular complexity index is 731. The Labute approximate surface area is 149 Å². The lowest BCUT2D eigenvalue weighted by Crippen LogP contribution is -2.28. The zero-order valence-corrected chi connectivity index (χ0v) is 15.3. The molecule has 0 aromatic heterocycles. The Morgan fingerprint density at radius 2 is 1.71 bits per heavy atom. The molecule has 2 rings (SSSR count). The van der Waals surface area contributed by atoms with Crippen molar-refractivity contribution in [3.63, 3.8) is 0 Å². The Morgan fingerprint density at radius 1 is 1.05 bits per heavy atom. The fourth-order valence-corrected chi connectivity index (χ4v) is 2.59. The number of fused-ring (bicyclic) bond motifs is 1. The number of carbonyl (C=O) groups excluding carboxylic acids is 2. The van der Waals surface area contributed by atoms with Gasteiger partial charge in [0.05, 0.1) is 8.70 Å². The number of hydrogen-bond donors (Lipinski definition) is 1. The molecule has 108 valence electrons. The maximum atomic E-state index is 12.4. The van der Waals surface area contributed by atoms with Crippen LogP contribution in [-0.4, -0.2) is 19.0 Å². The number of carbonyl (C=O) groups is 2. The number of rotatable bonds is 3. The Morgan fingerprint density at radius 3 is 2.38 bits per heavy atom. The van der Waals surface area contributed by atoms with Crippen molar-refractivity contribution in [1.82, 2.24) is 5.32 Å². The molecule has 0 bridgehead atoms. The van der Waals surface area contributed by atoms with E-state index in [2.05, 4.69) is 10.1 Å². The second kappa shape index (κ2) is 7.21. The number of ether oxygens (including phenoxy) is 1. The quantitative estimate of drug-likeness (QED) is 0.391. The van der Waals surface area contributed by atoms with Gasteiger partial charge in [-0.15, -0.1) is 0 Å². The summed E-state index contributed by atoms with van der Waals surface area (Å²) in [6, 6.07) is 13.1. The predicted octanol–water partition coefficient (Wildman–Crippen LogP) is 3.78. The highest BCUT2D eigenvalue weighted by Gasteiger charge is 2.18. The first kappa shape index (κ1) is 16.2. The number of nitrogens with one attached hydrogen (secondary N) is 1. The van der Waals surface area contributed by atoms with Crippen molar-refractivity contribution in [3.8, 4) is 0 Å². The second-order valence-electron chi connectivity index (χ2n) is 4.11. The van der Waals surface area contributed by atoms with E-state index in [1.165, 1.54) is 7.11 Å².